The second-order valence-corrected chi connectivity index (χ2v) is 18.0. The lowest BCUT2D eigenvalue weighted by Crippen LogP contribution is -2.50. The van der Waals surface area contributed by atoms with Crippen LogP contribution in [0.15, 0.2) is 36.4 Å². The van der Waals surface area contributed by atoms with Gasteiger partial charge in [0.1, 0.15) is 35.2 Å². The highest BCUT2D eigenvalue weighted by Crippen LogP contribution is 2.64. The zero-order valence-electron chi connectivity index (χ0n) is 32.1. The normalized spacial score (nSPS) is 20.0. The Kier molecular flexibility index (Phi) is 10.1. The molecule has 2 fully saturated rings. The highest BCUT2D eigenvalue weighted by molar-refractivity contribution is 7.92. The van der Waals surface area contributed by atoms with E-state index in [1.807, 2.05) is 0 Å². The van der Waals surface area contributed by atoms with E-state index in [9.17, 15) is 49.1 Å². The third-order valence-corrected chi connectivity index (χ3v) is 12.0. The number of aliphatic hydroxyl groups is 1. The Bertz CT molecular complexity index is 2860. The van der Waals surface area contributed by atoms with Crippen molar-refractivity contribution in [2.75, 3.05) is 16.7 Å². The molecule has 3 atom stereocenters. The first-order valence-electron chi connectivity index (χ1n) is 18.6. The van der Waals surface area contributed by atoms with Crippen molar-refractivity contribution in [2.24, 2.45) is 13.0 Å². The van der Waals surface area contributed by atoms with E-state index in [-0.39, 0.29) is 68.4 Å². The summed E-state index contributed by atoms with van der Waals surface area (Å²) in [5, 5.41) is 20.9. The van der Waals surface area contributed by atoms with Crippen LogP contribution in [-0.2, 0) is 46.9 Å². The zero-order chi connectivity index (χ0) is 45.1. The summed E-state index contributed by atoms with van der Waals surface area (Å²) in [7, 11) is -2.51. The van der Waals surface area contributed by atoms with E-state index in [0.717, 1.165) is 18.4 Å². The zero-order valence-corrected chi connectivity index (χ0v) is 33.7. The maximum Gasteiger partial charge on any atom is 0.435 e. The molecule has 62 heavy (non-hydrogen) atoms. The number of fused-ring (bicyclic) bond motifs is 4. The van der Waals surface area contributed by atoms with E-state index in [4.69, 9.17) is 17.3 Å². The SMILES string of the molecule is Cn1nc(NS(C)(=O)=O)c2c(Cl)ccc(-c3cc(N)c(C#CC4(O)CC(F)(F)C4)nc3[C@H](Cc3cc(F)cc(F)c3)NC(=O)Cn3nc(C(F)(F)F)c4c3C(F)(F)[C@@H]3CC[C@H]43)c21. The molecule has 0 bridgehead atoms. The van der Waals surface area contributed by atoms with Gasteiger partial charge in [0.15, 0.2) is 11.5 Å². The van der Waals surface area contributed by atoms with Gasteiger partial charge in [0.05, 0.1) is 52.4 Å². The molecule has 8 rings (SSSR count). The van der Waals surface area contributed by atoms with Crippen molar-refractivity contribution in [2.45, 2.75) is 74.2 Å². The van der Waals surface area contributed by atoms with Crippen LogP contribution < -0.4 is 15.8 Å². The van der Waals surface area contributed by atoms with Crippen LogP contribution in [0.5, 0.6) is 0 Å². The number of hydrogen-bond acceptors (Lipinski definition) is 8. The summed E-state index contributed by atoms with van der Waals surface area (Å²) in [6, 6.07) is 4.85. The number of nitrogen functional groups attached to an aromatic ring is 1. The molecule has 0 unspecified atom stereocenters. The summed E-state index contributed by atoms with van der Waals surface area (Å²) in [6.45, 7) is -1.19. The van der Waals surface area contributed by atoms with E-state index < -0.39 is 112 Å². The molecule has 2 aromatic carbocycles. The molecular weight excluding hydrogens is 883 g/mol. The number of benzene rings is 2. The number of anilines is 2. The molecule has 1 amide bonds. The highest BCUT2D eigenvalue weighted by atomic mass is 35.5. The molecule has 3 aliphatic rings. The summed E-state index contributed by atoms with van der Waals surface area (Å²) in [4.78, 5) is 18.6. The van der Waals surface area contributed by atoms with Gasteiger partial charge in [0.25, 0.3) is 11.8 Å². The molecule has 12 nitrogen and oxygen atoms in total. The Morgan fingerprint density at radius 1 is 1.06 bits per heavy atom. The van der Waals surface area contributed by atoms with Crippen molar-refractivity contribution >= 4 is 49.9 Å². The molecule has 5 aromatic rings. The van der Waals surface area contributed by atoms with Crippen molar-refractivity contribution in [1.82, 2.24) is 29.9 Å². The van der Waals surface area contributed by atoms with E-state index in [1.54, 1.807) is 0 Å². The molecule has 5 N–H and O–H groups in total. The van der Waals surface area contributed by atoms with Crippen LogP contribution in [-0.4, -0.2) is 61.8 Å². The maximum atomic E-state index is 15.7. The van der Waals surface area contributed by atoms with Gasteiger partial charge >= 0.3 is 6.18 Å². The van der Waals surface area contributed by atoms with Gasteiger partial charge in [-0.15, -0.1) is 0 Å². The number of aromatic nitrogens is 5. The largest absolute Gasteiger partial charge is 0.435 e. The smallest absolute Gasteiger partial charge is 0.396 e. The third-order valence-electron chi connectivity index (χ3n) is 11.1. The molecule has 23 heteroatoms. The van der Waals surface area contributed by atoms with Crippen LogP contribution in [0.4, 0.5) is 51.0 Å². The minimum Gasteiger partial charge on any atom is -0.396 e. The van der Waals surface area contributed by atoms with Gasteiger partial charge in [-0.3, -0.25) is 18.9 Å². The molecule has 2 saturated carbocycles. The van der Waals surface area contributed by atoms with Crippen LogP contribution in [0, 0.1) is 29.4 Å². The lowest BCUT2D eigenvalue weighted by atomic mass is 9.73. The molecule has 3 aliphatic carbocycles. The average molecular weight is 915 g/mol. The average Bonchev–Trinajstić information content (AvgIpc) is 3.67. The fourth-order valence-electron chi connectivity index (χ4n) is 8.55. The lowest BCUT2D eigenvalue weighted by Gasteiger charge is -2.39. The van der Waals surface area contributed by atoms with Crippen LogP contribution in [0.25, 0.3) is 22.0 Å². The van der Waals surface area contributed by atoms with Gasteiger partial charge in [-0.1, -0.05) is 23.6 Å². The van der Waals surface area contributed by atoms with Gasteiger partial charge in [0, 0.05) is 35.7 Å². The number of rotatable bonds is 9. The summed E-state index contributed by atoms with van der Waals surface area (Å²) < 4.78 is 159. The molecule has 0 saturated heterocycles. The van der Waals surface area contributed by atoms with Crippen LogP contribution in [0.3, 0.4) is 0 Å². The summed E-state index contributed by atoms with van der Waals surface area (Å²) in [6.07, 6.45) is -6.85. The first-order chi connectivity index (χ1) is 28.7. The van der Waals surface area contributed by atoms with Crippen molar-refractivity contribution in [1.29, 1.82) is 0 Å². The molecule has 0 radical (unpaired) electrons. The Morgan fingerprint density at radius 2 is 1.74 bits per heavy atom. The second-order valence-electron chi connectivity index (χ2n) is 15.8. The van der Waals surface area contributed by atoms with Gasteiger partial charge in [0.2, 0.25) is 15.9 Å². The predicted octanol–water partition coefficient (Wildman–Crippen LogP) is 6.95. The Morgan fingerprint density at radius 3 is 2.34 bits per heavy atom. The molecule has 3 aromatic heterocycles. The van der Waals surface area contributed by atoms with Crippen LogP contribution >= 0.6 is 11.6 Å². The first-order valence-corrected chi connectivity index (χ1v) is 20.9. The number of nitrogens with two attached hydrogens (primary N) is 1. The number of carbonyl (C=O) groups is 1. The fourth-order valence-corrected chi connectivity index (χ4v) is 9.28. The van der Waals surface area contributed by atoms with Gasteiger partial charge in [-0.2, -0.15) is 32.1 Å². The van der Waals surface area contributed by atoms with E-state index in [0.29, 0.717) is 10.7 Å². The number of halogens is 10. The van der Waals surface area contributed by atoms with Crippen molar-refractivity contribution < 1.29 is 57.8 Å². The fraction of sp³-hybridized carbons (Fsp3) is 0.385. The van der Waals surface area contributed by atoms with Gasteiger partial charge in [-0.25, -0.2) is 31.0 Å². The number of alkyl halides is 7. The predicted molar refractivity (Wildman–Crippen MR) is 205 cm³/mol. The van der Waals surface area contributed by atoms with Crippen molar-refractivity contribution in [3.63, 3.8) is 0 Å². The molecule has 0 spiro atoms. The van der Waals surface area contributed by atoms with E-state index in [1.165, 1.54) is 29.9 Å². The number of hydrogen-bond donors (Lipinski definition) is 4. The van der Waals surface area contributed by atoms with Gasteiger partial charge in [-0.05, 0) is 60.9 Å². The number of pyridine rings is 1. The Labute approximate surface area is 350 Å². The van der Waals surface area contributed by atoms with Crippen molar-refractivity contribution in [3.8, 4) is 23.0 Å². The minimum absolute atomic E-state index is 0.00198. The Balaban J connectivity index is 1.30. The van der Waals surface area contributed by atoms with Crippen LogP contribution in [0.2, 0.25) is 5.02 Å². The number of carbonyl (C=O) groups excluding carboxylic acids is 1. The second kappa shape index (κ2) is 14.5. The third kappa shape index (κ3) is 7.78. The monoisotopic (exact) mass is 914 g/mol. The van der Waals surface area contributed by atoms with Crippen LogP contribution in [0.1, 0.15) is 71.5 Å². The molecular formula is C39H32ClF9N8O4S. The number of nitrogens with zero attached hydrogens (tertiary/aromatic N) is 5. The molecule has 328 valence electrons. The highest BCUT2D eigenvalue weighted by Gasteiger charge is 2.63. The minimum atomic E-state index is -5.15. The molecule has 3 heterocycles. The standard InChI is InChI=1S/C39H32ClF9N8O4S/c1-56-32-20(4-6-24(40)30(32)35(54-56)55-62(2,60)61)22-13-25(50)26(7-8-36(59)15-37(43,44)16-36)52-31(22)27(11-17-9-18(41)12-19(42)10-17)51-28(58)14-57-34-29(33(53-57)39(47,48)49)21-3-5-23(21)38(34,45)46/h4,6,9-10,12-13,21,23,27,59H,3,5,11,14-16,50H2,1-2H3,(H,51,58)(H,54,55)/t21-,23+,27-/m0/s1. The lowest BCUT2D eigenvalue weighted by molar-refractivity contribution is -0.176. The van der Waals surface area contributed by atoms with E-state index >= 15 is 8.78 Å². The number of nitrogens with one attached hydrogen (secondary N) is 2. The number of amides is 1. The van der Waals surface area contributed by atoms with Gasteiger partial charge < -0.3 is 16.2 Å². The topological polar surface area (TPSA) is 170 Å². The van der Waals surface area contributed by atoms with E-state index in [2.05, 4.69) is 37.1 Å². The summed E-state index contributed by atoms with van der Waals surface area (Å²) in [5.74, 6) is -8.23. The summed E-state index contributed by atoms with van der Waals surface area (Å²) in [5.41, 5.74) is 0.330. The maximum absolute atomic E-state index is 15.7. The first kappa shape index (κ1) is 43.1. The van der Waals surface area contributed by atoms with Crippen molar-refractivity contribution in [3.05, 3.63) is 87.0 Å². The summed E-state index contributed by atoms with van der Waals surface area (Å²) >= 11 is 6.56. The molecule has 0 aliphatic heterocycles. The number of aryl methyl sites for hydroxylation is 1. The quantitative estimate of drug-likeness (QED) is 0.0911. The number of sulfonamides is 1. The Hall–Kier alpha value is -5.53.